The number of aliphatic hydroxyl groups is 2. The van der Waals surface area contributed by atoms with Gasteiger partial charge in [-0.1, -0.05) is 12.1 Å². The lowest BCUT2D eigenvalue weighted by Gasteiger charge is -2.08. The third-order valence-corrected chi connectivity index (χ3v) is 2.54. The summed E-state index contributed by atoms with van der Waals surface area (Å²) in [5.74, 6) is -1.65. The first-order valence-corrected chi connectivity index (χ1v) is 5.39. The Morgan fingerprint density at radius 3 is 2.47 bits per heavy atom. The lowest BCUT2D eigenvalue weighted by atomic mass is 10.2. The third kappa shape index (κ3) is 2.95. The predicted molar refractivity (Wildman–Crippen MR) is 61.9 cm³/mol. The minimum absolute atomic E-state index is 0.0401. The first kappa shape index (κ1) is 13.2. The molecule has 7 heteroatoms. The Bertz CT molecular complexity index is 592. The Kier molecular flexibility index (Phi) is 3.59. The van der Waals surface area contributed by atoms with Crippen LogP contribution >= 0.6 is 0 Å². The monoisotopic (exact) mass is 266 g/mol. The molecule has 0 saturated heterocycles. The van der Waals surface area contributed by atoms with Crippen LogP contribution in [0.1, 0.15) is 28.0 Å². The van der Waals surface area contributed by atoms with Crippen LogP contribution in [0.25, 0.3) is 0 Å². The quantitative estimate of drug-likeness (QED) is 0.710. The molecular formula is C12H11FN2O4. The van der Waals surface area contributed by atoms with Crippen molar-refractivity contribution in [2.45, 2.75) is 12.8 Å². The second kappa shape index (κ2) is 5.17. The average Bonchev–Trinajstić information content (AvgIpc) is 2.76. The molecule has 0 unspecified atom stereocenters. The number of aliphatic hydroxyl groups excluding tert-OH is 1. The van der Waals surface area contributed by atoms with Crippen molar-refractivity contribution in [1.29, 1.82) is 0 Å². The van der Waals surface area contributed by atoms with Gasteiger partial charge >= 0.3 is 5.97 Å². The van der Waals surface area contributed by atoms with Gasteiger partial charge in [0.15, 0.2) is 12.0 Å². The largest absolute Gasteiger partial charge is 0.476 e. The zero-order valence-corrected chi connectivity index (χ0v) is 9.69. The lowest BCUT2D eigenvalue weighted by Crippen LogP contribution is -2.10. The molecule has 0 aliphatic carbocycles. The highest BCUT2D eigenvalue weighted by Gasteiger charge is 2.17. The highest BCUT2D eigenvalue weighted by Crippen LogP contribution is 2.14. The maximum atomic E-state index is 12.8. The molecule has 0 aliphatic rings. The SMILES string of the molecule is O=C(O)c1cc(C(O)O)n(Cc2ccc(F)cc2)n1. The highest BCUT2D eigenvalue weighted by molar-refractivity contribution is 5.85. The van der Waals surface area contributed by atoms with E-state index in [0.29, 0.717) is 5.56 Å². The first-order valence-electron chi connectivity index (χ1n) is 5.39. The Morgan fingerprint density at radius 1 is 1.32 bits per heavy atom. The van der Waals surface area contributed by atoms with E-state index < -0.39 is 18.1 Å². The fourth-order valence-corrected chi connectivity index (χ4v) is 1.63. The standard InChI is InChI=1S/C12H11FN2O4/c13-8-3-1-7(2-4-8)6-15-10(12(18)19)5-9(14-15)11(16)17/h1-5,12,18-19H,6H2,(H,16,17). The van der Waals surface area contributed by atoms with Crippen LogP contribution in [-0.4, -0.2) is 31.1 Å². The average molecular weight is 266 g/mol. The molecular weight excluding hydrogens is 255 g/mol. The van der Waals surface area contributed by atoms with Crippen LogP contribution in [0.2, 0.25) is 0 Å². The molecule has 1 aromatic carbocycles. The molecule has 6 nitrogen and oxygen atoms in total. The Hall–Kier alpha value is -2.25. The molecule has 19 heavy (non-hydrogen) atoms. The van der Waals surface area contributed by atoms with E-state index in [1.54, 1.807) is 0 Å². The van der Waals surface area contributed by atoms with Crippen LogP contribution in [-0.2, 0) is 6.54 Å². The van der Waals surface area contributed by atoms with Crippen molar-refractivity contribution in [3.8, 4) is 0 Å². The van der Waals surface area contributed by atoms with Gasteiger partial charge in [-0.25, -0.2) is 9.18 Å². The zero-order chi connectivity index (χ0) is 14.0. The molecule has 0 spiro atoms. The summed E-state index contributed by atoms with van der Waals surface area (Å²) in [6, 6.07) is 6.60. The Labute approximate surface area is 107 Å². The van der Waals surface area contributed by atoms with E-state index in [-0.39, 0.29) is 17.9 Å². The van der Waals surface area contributed by atoms with E-state index >= 15 is 0 Å². The molecule has 2 rings (SSSR count). The number of halogens is 1. The number of hydrogen-bond donors (Lipinski definition) is 3. The van der Waals surface area contributed by atoms with Gasteiger partial charge in [0.1, 0.15) is 5.82 Å². The lowest BCUT2D eigenvalue weighted by molar-refractivity contribution is -0.0488. The van der Waals surface area contributed by atoms with Crippen LogP contribution in [0.15, 0.2) is 30.3 Å². The molecule has 1 heterocycles. The van der Waals surface area contributed by atoms with Crippen LogP contribution in [0.4, 0.5) is 4.39 Å². The van der Waals surface area contributed by atoms with Gasteiger partial charge in [-0.15, -0.1) is 0 Å². The molecule has 2 aromatic rings. The van der Waals surface area contributed by atoms with Crippen LogP contribution in [0.5, 0.6) is 0 Å². The summed E-state index contributed by atoms with van der Waals surface area (Å²) in [5, 5.41) is 30.9. The van der Waals surface area contributed by atoms with Crippen molar-refractivity contribution in [1.82, 2.24) is 9.78 Å². The summed E-state index contributed by atoms with van der Waals surface area (Å²) in [6.07, 6.45) is -1.83. The molecule has 0 aliphatic heterocycles. The molecule has 0 bridgehead atoms. The van der Waals surface area contributed by atoms with Crippen molar-refractivity contribution in [3.63, 3.8) is 0 Å². The summed E-state index contributed by atoms with van der Waals surface area (Å²) >= 11 is 0. The summed E-state index contributed by atoms with van der Waals surface area (Å²) in [6.45, 7) is 0.112. The van der Waals surface area contributed by atoms with Crippen LogP contribution in [0.3, 0.4) is 0 Å². The number of nitrogens with zero attached hydrogens (tertiary/aromatic N) is 2. The topological polar surface area (TPSA) is 95.6 Å². The molecule has 0 fully saturated rings. The van der Waals surface area contributed by atoms with Crippen molar-refractivity contribution in [3.05, 3.63) is 53.1 Å². The fraction of sp³-hybridized carbons (Fsp3) is 0.167. The molecule has 0 saturated carbocycles. The normalized spacial score (nSPS) is 10.9. The summed E-state index contributed by atoms with van der Waals surface area (Å²) in [4.78, 5) is 10.8. The number of aromatic nitrogens is 2. The predicted octanol–water partition coefficient (Wildman–Crippen LogP) is 0.752. The van der Waals surface area contributed by atoms with Gasteiger partial charge in [-0.05, 0) is 23.8 Å². The van der Waals surface area contributed by atoms with Crippen LogP contribution in [0, 0.1) is 5.82 Å². The molecule has 100 valence electrons. The molecule has 0 amide bonds. The summed E-state index contributed by atoms with van der Waals surface area (Å²) in [5.41, 5.74) is 0.329. The molecule has 0 radical (unpaired) electrons. The molecule has 1 aromatic heterocycles. The van der Waals surface area contributed by atoms with Crippen molar-refractivity contribution < 1.29 is 24.5 Å². The summed E-state index contributed by atoms with van der Waals surface area (Å²) < 4.78 is 13.9. The fourth-order valence-electron chi connectivity index (χ4n) is 1.63. The van der Waals surface area contributed by atoms with E-state index in [0.717, 1.165) is 10.7 Å². The number of benzene rings is 1. The number of aromatic carboxylic acids is 1. The van der Waals surface area contributed by atoms with Gasteiger partial charge < -0.3 is 15.3 Å². The first-order chi connectivity index (χ1) is 8.97. The smallest absolute Gasteiger partial charge is 0.356 e. The molecule has 3 N–H and O–H groups in total. The van der Waals surface area contributed by atoms with Crippen LogP contribution < -0.4 is 0 Å². The second-order valence-electron chi connectivity index (χ2n) is 3.92. The zero-order valence-electron chi connectivity index (χ0n) is 9.69. The minimum atomic E-state index is -1.83. The summed E-state index contributed by atoms with van der Waals surface area (Å²) in [7, 11) is 0. The van der Waals surface area contributed by atoms with Crippen molar-refractivity contribution in [2.75, 3.05) is 0 Å². The van der Waals surface area contributed by atoms with Gasteiger partial charge in [-0.2, -0.15) is 5.10 Å². The molecule has 0 atom stereocenters. The van der Waals surface area contributed by atoms with Gasteiger partial charge in [-0.3, -0.25) is 4.68 Å². The minimum Gasteiger partial charge on any atom is -0.476 e. The number of carboxylic acids is 1. The number of hydrogen-bond acceptors (Lipinski definition) is 4. The Balaban J connectivity index is 2.32. The van der Waals surface area contributed by atoms with E-state index in [1.807, 2.05) is 0 Å². The number of carbonyl (C=O) groups is 1. The second-order valence-corrected chi connectivity index (χ2v) is 3.92. The van der Waals surface area contributed by atoms with E-state index in [1.165, 1.54) is 24.3 Å². The van der Waals surface area contributed by atoms with E-state index in [9.17, 15) is 9.18 Å². The number of rotatable bonds is 4. The van der Waals surface area contributed by atoms with E-state index in [2.05, 4.69) is 5.10 Å². The van der Waals surface area contributed by atoms with Crippen molar-refractivity contribution >= 4 is 5.97 Å². The highest BCUT2D eigenvalue weighted by atomic mass is 19.1. The van der Waals surface area contributed by atoms with Gasteiger partial charge in [0.25, 0.3) is 0 Å². The van der Waals surface area contributed by atoms with Gasteiger partial charge in [0.2, 0.25) is 0 Å². The maximum Gasteiger partial charge on any atom is 0.356 e. The third-order valence-electron chi connectivity index (χ3n) is 2.54. The maximum absolute atomic E-state index is 12.8. The van der Waals surface area contributed by atoms with Gasteiger partial charge in [0, 0.05) is 0 Å². The number of carboxylic acid groups (broad SMARTS) is 1. The van der Waals surface area contributed by atoms with Crippen molar-refractivity contribution in [2.24, 2.45) is 0 Å². The van der Waals surface area contributed by atoms with Gasteiger partial charge in [0.05, 0.1) is 12.2 Å². The van der Waals surface area contributed by atoms with E-state index in [4.69, 9.17) is 15.3 Å². The Morgan fingerprint density at radius 2 is 1.95 bits per heavy atom.